The lowest BCUT2D eigenvalue weighted by atomic mass is 10.1. The highest BCUT2D eigenvalue weighted by molar-refractivity contribution is 9.10. The Kier molecular flexibility index (Phi) is 8.78. The Hall–Kier alpha value is -2.99. The summed E-state index contributed by atoms with van der Waals surface area (Å²) in [6.07, 6.45) is 0. The van der Waals surface area contributed by atoms with E-state index in [0.717, 1.165) is 27.0 Å². The number of hydrogen-bond acceptors (Lipinski definition) is 4. The van der Waals surface area contributed by atoms with Gasteiger partial charge in [0.25, 0.3) is 0 Å². The highest BCUT2D eigenvalue weighted by Crippen LogP contribution is 2.37. The van der Waals surface area contributed by atoms with Gasteiger partial charge in [-0.25, -0.2) is 0 Å². The monoisotopic (exact) mass is 510 g/mol. The third kappa shape index (κ3) is 7.26. The lowest BCUT2D eigenvalue weighted by Crippen LogP contribution is -2.17. The molecule has 0 aliphatic heterocycles. The van der Waals surface area contributed by atoms with Crippen molar-refractivity contribution in [3.8, 4) is 11.5 Å². The minimum Gasteiger partial charge on any atom is -0.490 e. The molecule has 3 aromatic carbocycles. The molecule has 6 heteroatoms. The van der Waals surface area contributed by atoms with Gasteiger partial charge in [0.15, 0.2) is 11.5 Å². The van der Waals surface area contributed by atoms with Crippen LogP contribution in [0, 0.1) is 12.8 Å². The molecule has 2 N–H and O–H groups in total. The van der Waals surface area contributed by atoms with Gasteiger partial charge in [0.1, 0.15) is 6.61 Å². The van der Waals surface area contributed by atoms with E-state index in [4.69, 9.17) is 9.47 Å². The molecule has 1 amide bonds. The highest BCUT2D eigenvalue weighted by atomic mass is 79.9. The second-order valence-electron chi connectivity index (χ2n) is 8.19. The van der Waals surface area contributed by atoms with Gasteiger partial charge in [0, 0.05) is 23.8 Å². The number of aryl methyl sites for hydroxylation is 1. The Morgan fingerprint density at radius 2 is 1.61 bits per heavy atom. The molecule has 0 spiro atoms. The topological polar surface area (TPSA) is 59.6 Å². The van der Waals surface area contributed by atoms with Crippen LogP contribution < -0.4 is 20.1 Å². The Bertz CT molecular complexity index is 1060. The number of carbonyl (C=O) groups excluding carboxylic acids is 1. The number of amides is 1. The van der Waals surface area contributed by atoms with Gasteiger partial charge in [-0.2, -0.15) is 0 Å². The number of benzene rings is 3. The zero-order valence-corrected chi connectivity index (χ0v) is 21.2. The van der Waals surface area contributed by atoms with Gasteiger partial charge in [-0.05, 0) is 77.3 Å². The van der Waals surface area contributed by atoms with E-state index in [9.17, 15) is 4.79 Å². The molecule has 0 bridgehead atoms. The summed E-state index contributed by atoms with van der Waals surface area (Å²) in [7, 11) is 0. The van der Waals surface area contributed by atoms with E-state index < -0.39 is 0 Å². The molecule has 5 nitrogen and oxygen atoms in total. The molecule has 33 heavy (non-hydrogen) atoms. The molecule has 0 atom stereocenters. The molecule has 3 rings (SSSR count). The van der Waals surface area contributed by atoms with Crippen LogP contribution in [0.3, 0.4) is 0 Å². The summed E-state index contributed by atoms with van der Waals surface area (Å²) < 4.78 is 12.8. The van der Waals surface area contributed by atoms with E-state index in [-0.39, 0.29) is 11.8 Å². The molecule has 0 aromatic heterocycles. The maximum atomic E-state index is 11.8. The highest BCUT2D eigenvalue weighted by Gasteiger charge is 2.13. The number of ether oxygens (including phenoxy) is 2. The summed E-state index contributed by atoms with van der Waals surface area (Å²) >= 11 is 3.65. The van der Waals surface area contributed by atoms with E-state index in [1.54, 1.807) is 0 Å². The zero-order valence-electron chi connectivity index (χ0n) is 19.6. The van der Waals surface area contributed by atoms with Crippen molar-refractivity contribution in [2.24, 2.45) is 5.92 Å². The van der Waals surface area contributed by atoms with Crippen LogP contribution in [0.25, 0.3) is 0 Å². The van der Waals surface area contributed by atoms with Crippen LogP contribution in [-0.4, -0.2) is 12.5 Å². The minimum atomic E-state index is -0.0513. The maximum Gasteiger partial charge on any atom is 0.226 e. The lowest BCUT2D eigenvalue weighted by Gasteiger charge is -2.16. The average molecular weight is 511 g/mol. The predicted molar refractivity (Wildman–Crippen MR) is 138 cm³/mol. The Morgan fingerprint density at radius 1 is 0.939 bits per heavy atom. The number of rotatable bonds is 10. The van der Waals surface area contributed by atoms with Crippen LogP contribution in [0.1, 0.15) is 37.5 Å². The van der Waals surface area contributed by atoms with Gasteiger partial charge in [0.05, 0.1) is 11.1 Å². The molecular formula is C27H31BrN2O3. The molecule has 3 aromatic rings. The fourth-order valence-corrected chi connectivity index (χ4v) is 3.73. The summed E-state index contributed by atoms with van der Waals surface area (Å²) in [5.74, 6) is 1.37. The van der Waals surface area contributed by atoms with Gasteiger partial charge in [-0.1, -0.05) is 43.7 Å². The SMILES string of the molecule is CCOc1cc(CNc2ccc(NC(=O)C(C)C)cc2)cc(Br)c1OCc1ccc(C)cc1. The lowest BCUT2D eigenvalue weighted by molar-refractivity contribution is -0.118. The summed E-state index contributed by atoms with van der Waals surface area (Å²) in [4.78, 5) is 11.8. The smallest absolute Gasteiger partial charge is 0.226 e. The average Bonchev–Trinajstić information content (AvgIpc) is 2.79. The third-order valence-electron chi connectivity index (χ3n) is 5.05. The fraction of sp³-hybridized carbons (Fsp3) is 0.296. The standard InChI is InChI=1S/C27H31BrN2O3/c1-5-32-25-15-21(14-24(28)26(25)33-17-20-8-6-19(4)7-9-20)16-29-22-10-12-23(13-11-22)30-27(31)18(2)3/h6-15,18,29H,5,16-17H2,1-4H3,(H,30,31). The van der Waals surface area contributed by atoms with Crippen LogP contribution in [-0.2, 0) is 17.9 Å². The zero-order chi connectivity index (χ0) is 23.8. The Labute approximate surface area is 204 Å². The first kappa shape index (κ1) is 24.6. The maximum absolute atomic E-state index is 11.8. The van der Waals surface area contributed by atoms with Crippen LogP contribution in [0.15, 0.2) is 65.1 Å². The molecule has 174 valence electrons. The molecule has 0 radical (unpaired) electrons. The van der Waals surface area contributed by atoms with Crippen LogP contribution in [0.2, 0.25) is 0 Å². The molecule has 0 unspecified atom stereocenters. The van der Waals surface area contributed by atoms with E-state index >= 15 is 0 Å². The molecule has 0 aliphatic rings. The molecule has 0 heterocycles. The molecule has 0 saturated heterocycles. The summed E-state index contributed by atoms with van der Waals surface area (Å²) in [5.41, 5.74) is 5.14. The molecule has 0 aliphatic carbocycles. The second kappa shape index (κ2) is 11.8. The van der Waals surface area contributed by atoms with Gasteiger partial charge in [-0.15, -0.1) is 0 Å². The largest absolute Gasteiger partial charge is 0.490 e. The van der Waals surface area contributed by atoms with E-state index in [0.29, 0.717) is 31.3 Å². The quantitative estimate of drug-likeness (QED) is 0.310. The van der Waals surface area contributed by atoms with Crippen LogP contribution in [0.5, 0.6) is 11.5 Å². The molecule has 0 fully saturated rings. The number of nitrogens with one attached hydrogen (secondary N) is 2. The van der Waals surface area contributed by atoms with Crippen LogP contribution in [0.4, 0.5) is 11.4 Å². The van der Waals surface area contributed by atoms with Crippen molar-refractivity contribution in [3.63, 3.8) is 0 Å². The fourth-order valence-electron chi connectivity index (χ4n) is 3.13. The van der Waals surface area contributed by atoms with Crippen molar-refractivity contribution in [3.05, 3.63) is 81.8 Å². The van der Waals surface area contributed by atoms with Gasteiger partial charge >= 0.3 is 0 Å². The van der Waals surface area contributed by atoms with Crippen molar-refractivity contribution in [1.29, 1.82) is 0 Å². The molecule has 0 saturated carbocycles. The summed E-state index contributed by atoms with van der Waals surface area (Å²) in [6.45, 7) is 9.42. The van der Waals surface area contributed by atoms with Gasteiger partial charge in [0.2, 0.25) is 5.91 Å². The Balaban J connectivity index is 1.65. The van der Waals surface area contributed by atoms with E-state index in [1.807, 2.05) is 57.2 Å². The molecular weight excluding hydrogens is 480 g/mol. The van der Waals surface area contributed by atoms with E-state index in [1.165, 1.54) is 5.56 Å². The first-order chi connectivity index (χ1) is 15.9. The van der Waals surface area contributed by atoms with Crippen molar-refractivity contribution in [2.45, 2.75) is 40.8 Å². The van der Waals surface area contributed by atoms with Crippen molar-refractivity contribution in [1.82, 2.24) is 0 Å². The third-order valence-corrected chi connectivity index (χ3v) is 5.64. The first-order valence-electron chi connectivity index (χ1n) is 11.1. The Morgan fingerprint density at radius 3 is 2.24 bits per heavy atom. The van der Waals surface area contributed by atoms with Crippen molar-refractivity contribution in [2.75, 3.05) is 17.2 Å². The predicted octanol–water partition coefficient (Wildman–Crippen LogP) is 6.94. The number of halogens is 1. The minimum absolute atomic E-state index is 0.00806. The van der Waals surface area contributed by atoms with Crippen molar-refractivity contribution >= 4 is 33.2 Å². The van der Waals surface area contributed by atoms with E-state index in [2.05, 4.69) is 57.8 Å². The van der Waals surface area contributed by atoms with Gasteiger partial charge < -0.3 is 20.1 Å². The second-order valence-corrected chi connectivity index (χ2v) is 9.04. The normalized spacial score (nSPS) is 10.7. The first-order valence-corrected chi connectivity index (χ1v) is 11.9. The number of anilines is 2. The number of hydrogen-bond donors (Lipinski definition) is 2. The van der Waals surface area contributed by atoms with Crippen molar-refractivity contribution < 1.29 is 14.3 Å². The van der Waals surface area contributed by atoms with Gasteiger partial charge in [-0.3, -0.25) is 4.79 Å². The summed E-state index contributed by atoms with van der Waals surface area (Å²) in [5, 5.41) is 6.31. The van der Waals surface area contributed by atoms with Crippen LogP contribution >= 0.6 is 15.9 Å². The summed E-state index contributed by atoms with van der Waals surface area (Å²) in [6, 6.07) is 20.0. The number of carbonyl (C=O) groups is 1.